The summed E-state index contributed by atoms with van der Waals surface area (Å²) in [5, 5.41) is 0. The van der Waals surface area contributed by atoms with Gasteiger partial charge in [-0.15, -0.1) is 0 Å². The van der Waals surface area contributed by atoms with E-state index in [1.54, 1.807) is 0 Å². The zero-order chi connectivity index (χ0) is 9.38. The van der Waals surface area contributed by atoms with Crippen molar-refractivity contribution in [2.24, 2.45) is 0 Å². The third-order valence-electron chi connectivity index (χ3n) is 2.78. The number of hydrogen-bond acceptors (Lipinski definition) is 1. The van der Waals surface area contributed by atoms with Crippen LogP contribution in [0.3, 0.4) is 0 Å². The lowest BCUT2D eigenvalue weighted by molar-refractivity contribution is 0.749. The molecule has 3 rings (SSSR count). The Kier molecular flexibility index (Phi) is 1.66. The average Bonchev–Trinajstić information content (AvgIpc) is 2.79. The van der Waals surface area contributed by atoms with Crippen molar-refractivity contribution >= 4 is 0 Å². The Morgan fingerprint density at radius 3 is 2.86 bits per heavy atom. The van der Waals surface area contributed by atoms with Crippen LogP contribution >= 0.6 is 0 Å². The quantitative estimate of drug-likeness (QED) is 0.665. The summed E-state index contributed by atoms with van der Waals surface area (Å²) in [6.07, 6.45) is 4.45. The summed E-state index contributed by atoms with van der Waals surface area (Å²) in [7, 11) is 0. The molecule has 2 heteroatoms. The molecule has 0 aliphatic carbocycles. The van der Waals surface area contributed by atoms with Crippen molar-refractivity contribution in [2.75, 3.05) is 0 Å². The SMILES string of the molecule is c1ccc(-c2ncc3n2CCC3)cc1. The molecule has 2 aromatic rings. The van der Waals surface area contributed by atoms with Crippen molar-refractivity contribution in [3.63, 3.8) is 0 Å². The first-order valence-corrected chi connectivity index (χ1v) is 5.05. The van der Waals surface area contributed by atoms with Crippen molar-refractivity contribution in [2.45, 2.75) is 19.4 Å². The van der Waals surface area contributed by atoms with Gasteiger partial charge >= 0.3 is 0 Å². The van der Waals surface area contributed by atoms with Crippen molar-refractivity contribution in [1.29, 1.82) is 0 Å². The van der Waals surface area contributed by atoms with Crippen LogP contribution in [0, 0.1) is 0 Å². The molecule has 0 radical (unpaired) electrons. The first kappa shape index (κ1) is 7.80. The second-order valence-electron chi connectivity index (χ2n) is 3.69. The molecule has 0 unspecified atom stereocenters. The van der Waals surface area contributed by atoms with Crippen molar-refractivity contribution in [3.05, 3.63) is 42.2 Å². The predicted molar refractivity (Wildman–Crippen MR) is 56.0 cm³/mol. The van der Waals surface area contributed by atoms with Gasteiger partial charge in [0.25, 0.3) is 0 Å². The summed E-state index contributed by atoms with van der Waals surface area (Å²) >= 11 is 0. The Morgan fingerprint density at radius 1 is 1.14 bits per heavy atom. The summed E-state index contributed by atoms with van der Waals surface area (Å²) in [5.41, 5.74) is 2.60. The third kappa shape index (κ3) is 1.07. The van der Waals surface area contributed by atoms with E-state index in [0.717, 1.165) is 12.4 Å². The molecule has 0 saturated heterocycles. The molecule has 0 N–H and O–H groups in total. The second-order valence-corrected chi connectivity index (χ2v) is 3.69. The van der Waals surface area contributed by atoms with Gasteiger partial charge in [-0.3, -0.25) is 0 Å². The van der Waals surface area contributed by atoms with E-state index >= 15 is 0 Å². The van der Waals surface area contributed by atoms with Crippen LogP contribution in [0.15, 0.2) is 36.5 Å². The van der Waals surface area contributed by atoms with Crippen molar-refractivity contribution < 1.29 is 0 Å². The van der Waals surface area contributed by atoms with E-state index in [2.05, 4.69) is 33.8 Å². The topological polar surface area (TPSA) is 17.8 Å². The van der Waals surface area contributed by atoms with Gasteiger partial charge in [-0.1, -0.05) is 30.3 Å². The fourth-order valence-corrected chi connectivity index (χ4v) is 2.10. The number of rotatable bonds is 1. The molecule has 1 aromatic heterocycles. The Hall–Kier alpha value is -1.57. The van der Waals surface area contributed by atoms with Crippen molar-refractivity contribution in [3.8, 4) is 11.4 Å². The highest BCUT2D eigenvalue weighted by atomic mass is 15.1. The predicted octanol–water partition coefficient (Wildman–Crippen LogP) is 2.50. The molecule has 1 aliphatic heterocycles. The van der Waals surface area contributed by atoms with Gasteiger partial charge in [0.05, 0.1) is 0 Å². The van der Waals surface area contributed by atoms with Gasteiger partial charge in [0.15, 0.2) is 0 Å². The van der Waals surface area contributed by atoms with Crippen LogP contribution in [0.5, 0.6) is 0 Å². The number of nitrogens with zero attached hydrogens (tertiary/aromatic N) is 2. The number of aryl methyl sites for hydroxylation is 1. The van der Waals surface area contributed by atoms with E-state index < -0.39 is 0 Å². The van der Waals surface area contributed by atoms with Gasteiger partial charge in [0.1, 0.15) is 5.82 Å². The lowest BCUT2D eigenvalue weighted by Crippen LogP contribution is -1.95. The van der Waals surface area contributed by atoms with Crippen LogP contribution in [0.25, 0.3) is 11.4 Å². The highest BCUT2D eigenvalue weighted by Gasteiger charge is 2.15. The van der Waals surface area contributed by atoms with Crippen LogP contribution in [-0.4, -0.2) is 9.55 Å². The fraction of sp³-hybridized carbons (Fsp3) is 0.250. The standard InChI is InChI=1S/C12H12N2/c1-2-5-10(6-3-1)12-13-9-11-7-4-8-14(11)12/h1-3,5-6,9H,4,7-8H2. The monoisotopic (exact) mass is 184 g/mol. The fourth-order valence-electron chi connectivity index (χ4n) is 2.10. The largest absolute Gasteiger partial charge is 0.328 e. The lowest BCUT2D eigenvalue weighted by Gasteiger charge is -2.03. The molecule has 1 aliphatic rings. The van der Waals surface area contributed by atoms with Crippen LogP contribution in [0.2, 0.25) is 0 Å². The van der Waals surface area contributed by atoms with Crippen LogP contribution < -0.4 is 0 Å². The Balaban J connectivity index is 2.13. The van der Waals surface area contributed by atoms with Gasteiger partial charge < -0.3 is 4.57 Å². The van der Waals surface area contributed by atoms with E-state index in [4.69, 9.17) is 0 Å². The molecule has 0 bridgehead atoms. The molecular formula is C12H12N2. The molecule has 0 saturated carbocycles. The normalized spacial score (nSPS) is 14.3. The zero-order valence-electron chi connectivity index (χ0n) is 7.98. The lowest BCUT2D eigenvalue weighted by atomic mass is 10.2. The van der Waals surface area contributed by atoms with E-state index in [9.17, 15) is 0 Å². The number of fused-ring (bicyclic) bond motifs is 1. The van der Waals surface area contributed by atoms with Gasteiger partial charge in [-0.05, 0) is 12.8 Å². The molecule has 0 fully saturated rings. The average molecular weight is 184 g/mol. The minimum Gasteiger partial charge on any atom is -0.328 e. The number of aromatic nitrogens is 2. The first-order valence-electron chi connectivity index (χ1n) is 5.05. The first-order chi connectivity index (χ1) is 6.95. The zero-order valence-corrected chi connectivity index (χ0v) is 7.98. The summed E-state index contributed by atoms with van der Waals surface area (Å²) in [6, 6.07) is 10.4. The van der Waals surface area contributed by atoms with Gasteiger partial charge in [0.2, 0.25) is 0 Å². The molecule has 14 heavy (non-hydrogen) atoms. The van der Waals surface area contributed by atoms with E-state index in [1.165, 1.54) is 24.1 Å². The maximum Gasteiger partial charge on any atom is 0.140 e. The summed E-state index contributed by atoms with van der Waals surface area (Å²) < 4.78 is 2.33. The molecular weight excluding hydrogens is 172 g/mol. The highest BCUT2D eigenvalue weighted by Crippen LogP contribution is 2.24. The third-order valence-corrected chi connectivity index (χ3v) is 2.78. The number of imidazole rings is 1. The molecule has 0 amide bonds. The highest BCUT2D eigenvalue weighted by molar-refractivity contribution is 5.56. The second kappa shape index (κ2) is 2.98. The maximum atomic E-state index is 4.47. The molecule has 2 nitrogen and oxygen atoms in total. The molecule has 0 spiro atoms. The molecule has 70 valence electrons. The van der Waals surface area contributed by atoms with Crippen molar-refractivity contribution in [1.82, 2.24) is 9.55 Å². The molecule has 1 aromatic carbocycles. The minimum atomic E-state index is 1.12. The summed E-state index contributed by atoms with van der Waals surface area (Å²) in [5.74, 6) is 1.12. The van der Waals surface area contributed by atoms with Gasteiger partial charge in [-0.2, -0.15) is 0 Å². The van der Waals surface area contributed by atoms with Crippen LogP contribution in [0.4, 0.5) is 0 Å². The number of hydrogen-bond donors (Lipinski definition) is 0. The minimum absolute atomic E-state index is 1.12. The van der Waals surface area contributed by atoms with E-state index in [-0.39, 0.29) is 0 Å². The Labute approximate surface area is 83.2 Å². The molecule has 2 heterocycles. The van der Waals surface area contributed by atoms with Gasteiger partial charge in [-0.25, -0.2) is 4.98 Å². The summed E-state index contributed by atoms with van der Waals surface area (Å²) in [6.45, 7) is 1.12. The smallest absolute Gasteiger partial charge is 0.140 e. The van der Waals surface area contributed by atoms with E-state index in [0.29, 0.717) is 0 Å². The van der Waals surface area contributed by atoms with Crippen LogP contribution in [-0.2, 0) is 13.0 Å². The van der Waals surface area contributed by atoms with Crippen LogP contribution in [0.1, 0.15) is 12.1 Å². The Bertz CT molecular complexity index is 443. The number of benzene rings is 1. The van der Waals surface area contributed by atoms with E-state index in [1.807, 2.05) is 12.3 Å². The Morgan fingerprint density at radius 2 is 2.00 bits per heavy atom. The summed E-state index contributed by atoms with van der Waals surface area (Å²) in [4.78, 5) is 4.47. The van der Waals surface area contributed by atoms with Gasteiger partial charge in [0, 0.05) is 24.0 Å². The molecule has 0 atom stereocenters. The maximum absolute atomic E-state index is 4.47.